The molecule has 0 spiro atoms. The number of anilines is 2. The molecule has 3 amide bonds. The van der Waals surface area contributed by atoms with Gasteiger partial charge in [-0.2, -0.15) is 0 Å². The molecule has 12 heteroatoms. The Bertz CT molecular complexity index is 2100. The minimum absolute atomic E-state index is 0.0430. The lowest BCUT2D eigenvalue weighted by Gasteiger charge is -2.24. The van der Waals surface area contributed by atoms with Gasteiger partial charge in [-0.25, -0.2) is 4.79 Å². The molecule has 0 aliphatic heterocycles. The van der Waals surface area contributed by atoms with E-state index in [0.29, 0.717) is 22.6 Å². The number of ketones is 1. The highest BCUT2D eigenvalue weighted by atomic mass is 16.6. The number of furan rings is 1. The number of nitrogens with zero attached hydrogens (tertiary/aromatic N) is 1. The predicted octanol–water partition coefficient (Wildman–Crippen LogP) is 7.81. The zero-order valence-electron chi connectivity index (χ0n) is 28.6. The van der Waals surface area contributed by atoms with E-state index in [1.165, 1.54) is 42.5 Å². The van der Waals surface area contributed by atoms with E-state index in [2.05, 4.69) is 16.0 Å². The third-order valence-corrected chi connectivity index (χ3v) is 7.50. The van der Waals surface area contributed by atoms with Crippen LogP contribution in [0.4, 0.5) is 21.9 Å². The minimum atomic E-state index is -1.05. The summed E-state index contributed by atoms with van der Waals surface area (Å²) < 4.78 is 11.2. The normalized spacial score (nSPS) is 11.8. The quantitative estimate of drug-likeness (QED) is 0.0512. The Labute approximate surface area is 299 Å². The predicted molar refractivity (Wildman–Crippen MR) is 197 cm³/mol. The number of carbonyl (C=O) groups excluding carboxylic acids is 4. The molecule has 0 saturated heterocycles. The van der Waals surface area contributed by atoms with Crippen LogP contribution in [-0.4, -0.2) is 40.3 Å². The van der Waals surface area contributed by atoms with Crippen molar-refractivity contribution in [3.8, 4) is 11.3 Å². The fourth-order valence-corrected chi connectivity index (χ4v) is 5.08. The number of amides is 3. The maximum atomic E-state index is 13.8. The van der Waals surface area contributed by atoms with E-state index >= 15 is 0 Å². The summed E-state index contributed by atoms with van der Waals surface area (Å²) in [5.41, 5.74) is 1.51. The largest absolute Gasteiger partial charge is 0.457 e. The van der Waals surface area contributed by atoms with Crippen LogP contribution in [0.3, 0.4) is 0 Å². The first-order valence-electron chi connectivity index (χ1n) is 16.3. The first kappa shape index (κ1) is 36.5. The lowest BCUT2D eigenvalue weighted by Crippen LogP contribution is -2.47. The highest BCUT2D eigenvalue weighted by molar-refractivity contribution is 6.15. The zero-order valence-corrected chi connectivity index (χ0v) is 28.6. The lowest BCUT2D eigenvalue weighted by atomic mass is 10.00. The third-order valence-electron chi connectivity index (χ3n) is 7.50. The van der Waals surface area contributed by atoms with E-state index in [0.717, 1.165) is 5.56 Å². The van der Waals surface area contributed by atoms with Gasteiger partial charge in [-0.1, -0.05) is 60.7 Å². The molecule has 4 aromatic carbocycles. The Balaban J connectivity index is 1.35. The molecular weight excluding hydrogens is 664 g/mol. The van der Waals surface area contributed by atoms with Gasteiger partial charge in [0.05, 0.1) is 10.6 Å². The van der Waals surface area contributed by atoms with E-state index in [-0.39, 0.29) is 29.0 Å². The molecule has 12 nitrogen and oxygen atoms in total. The Morgan fingerprint density at radius 1 is 0.846 bits per heavy atom. The number of alkyl carbamates (subject to hydrolysis) is 1. The van der Waals surface area contributed by atoms with Crippen LogP contribution in [-0.2, 0) is 20.7 Å². The molecule has 1 heterocycles. The van der Waals surface area contributed by atoms with Crippen molar-refractivity contribution in [3.63, 3.8) is 0 Å². The average molecular weight is 701 g/mol. The van der Waals surface area contributed by atoms with Crippen LogP contribution < -0.4 is 16.0 Å². The van der Waals surface area contributed by atoms with Crippen molar-refractivity contribution in [2.75, 3.05) is 10.6 Å². The number of nitro benzene ring substituents is 1. The molecule has 5 rings (SSSR count). The van der Waals surface area contributed by atoms with Crippen LogP contribution in [0.15, 0.2) is 126 Å². The number of rotatable bonds is 12. The summed E-state index contributed by atoms with van der Waals surface area (Å²) >= 11 is 0. The van der Waals surface area contributed by atoms with Gasteiger partial charge in [0.25, 0.3) is 5.69 Å². The maximum absolute atomic E-state index is 13.8. The molecular formula is C40H36N4O8. The molecule has 0 saturated carbocycles. The summed E-state index contributed by atoms with van der Waals surface area (Å²) in [5.74, 6) is -0.678. The Kier molecular flexibility index (Phi) is 11.4. The summed E-state index contributed by atoms with van der Waals surface area (Å²) in [6.07, 6.45) is 2.09. The molecule has 0 unspecified atom stereocenters. The number of nitrogens with one attached hydrogen (secondary N) is 3. The Hall–Kier alpha value is -6.82. The average Bonchev–Trinajstić information content (AvgIpc) is 3.60. The number of non-ortho nitro benzene ring substituents is 1. The van der Waals surface area contributed by atoms with Crippen LogP contribution in [0, 0.1) is 10.1 Å². The second kappa shape index (κ2) is 16.3. The van der Waals surface area contributed by atoms with E-state index in [9.17, 15) is 29.3 Å². The second-order valence-electron chi connectivity index (χ2n) is 12.7. The van der Waals surface area contributed by atoms with Crippen molar-refractivity contribution in [2.45, 2.75) is 38.8 Å². The summed E-state index contributed by atoms with van der Waals surface area (Å²) in [6, 6.07) is 30.3. The first-order valence-corrected chi connectivity index (χ1v) is 16.3. The van der Waals surface area contributed by atoms with Crippen molar-refractivity contribution in [1.82, 2.24) is 5.32 Å². The van der Waals surface area contributed by atoms with Crippen LogP contribution in [0.1, 0.15) is 48.0 Å². The van der Waals surface area contributed by atoms with E-state index in [4.69, 9.17) is 9.15 Å². The van der Waals surface area contributed by atoms with Gasteiger partial charge in [-0.3, -0.25) is 24.5 Å². The highest BCUT2D eigenvalue weighted by Gasteiger charge is 2.26. The molecule has 0 radical (unpaired) electrons. The minimum Gasteiger partial charge on any atom is -0.457 e. The fraction of sp³-hybridized carbons (Fsp3) is 0.150. The summed E-state index contributed by atoms with van der Waals surface area (Å²) in [4.78, 5) is 63.6. The summed E-state index contributed by atoms with van der Waals surface area (Å²) in [7, 11) is 0. The van der Waals surface area contributed by atoms with Gasteiger partial charge in [0.2, 0.25) is 11.8 Å². The van der Waals surface area contributed by atoms with Crippen LogP contribution in [0.2, 0.25) is 0 Å². The molecule has 264 valence electrons. The topological polar surface area (TPSA) is 170 Å². The van der Waals surface area contributed by atoms with Gasteiger partial charge < -0.3 is 25.1 Å². The lowest BCUT2D eigenvalue weighted by molar-refractivity contribution is -0.384. The number of hydrogen-bond acceptors (Lipinski definition) is 8. The monoisotopic (exact) mass is 700 g/mol. The van der Waals surface area contributed by atoms with Crippen molar-refractivity contribution in [3.05, 3.63) is 154 Å². The second-order valence-corrected chi connectivity index (χ2v) is 12.7. The van der Waals surface area contributed by atoms with Crippen molar-refractivity contribution < 1.29 is 33.3 Å². The molecule has 1 aromatic heterocycles. The molecule has 0 bridgehead atoms. The molecule has 1 atom stereocenters. The van der Waals surface area contributed by atoms with Crippen LogP contribution >= 0.6 is 0 Å². The van der Waals surface area contributed by atoms with Crippen LogP contribution in [0.25, 0.3) is 17.4 Å². The smallest absolute Gasteiger partial charge is 0.408 e. The number of ether oxygens (including phenoxy) is 1. The number of nitro groups is 1. The van der Waals surface area contributed by atoms with E-state index in [1.54, 1.807) is 75.4 Å². The zero-order chi connectivity index (χ0) is 37.3. The van der Waals surface area contributed by atoms with Gasteiger partial charge in [0.15, 0.2) is 5.78 Å². The number of benzene rings is 4. The van der Waals surface area contributed by atoms with Crippen LogP contribution in [0.5, 0.6) is 0 Å². The molecule has 0 aliphatic rings. The van der Waals surface area contributed by atoms with Gasteiger partial charge in [-0.15, -0.1) is 0 Å². The van der Waals surface area contributed by atoms with Gasteiger partial charge in [0, 0.05) is 47.0 Å². The van der Waals surface area contributed by atoms with Crippen molar-refractivity contribution in [1.29, 1.82) is 0 Å². The Morgan fingerprint density at radius 3 is 2.17 bits per heavy atom. The highest BCUT2D eigenvalue weighted by Crippen LogP contribution is 2.27. The first-order chi connectivity index (χ1) is 24.8. The van der Waals surface area contributed by atoms with Crippen molar-refractivity contribution in [2.24, 2.45) is 0 Å². The number of carbonyl (C=O) groups is 4. The van der Waals surface area contributed by atoms with Gasteiger partial charge in [0.1, 0.15) is 23.2 Å². The molecule has 52 heavy (non-hydrogen) atoms. The van der Waals surface area contributed by atoms with Gasteiger partial charge >= 0.3 is 6.09 Å². The standard InChI is InChI=1S/C40H36N4O8/c1-40(2,3)52-39(48)43-34(24-26-10-6-4-7-11-26)38(47)42-33-21-16-29(25-32(33)37(46)28-12-8-5-9-13-28)41-36(45)23-20-31-19-22-35(51-31)27-14-17-30(18-15-27)44(49)50/h4-23,25,34H,24H2,1-3H3,(H,41,45)(H,42,47)(H,43,48)/b23-20+/t34-/m0/s1. The van der Waals surface area contributed by atoms with Crippen molar-refractivity contribution >= 4 is 46.8 Å². The molecule has 0 aliphatic carbocycles. The Morgan fingerprint density at radius 2 is 1.52 bits per heavy atom. The number of hydrogen-bond donors (Lipinski definition) is 3. The summed E-state index contributed by atoms with van der Waals surface area (Å²) in [5, 5.41) is 19.1. The SMILES string of the molecule is CC(C)(C)OC(=O)N[C@@H](Cc1ccccc1)C(=O)Nc1ccc(NC(=O)/C=C/c2ccc(-c3ccc([N+](=O)[O-])cc3)o2)cc1C(=O)c1ccccc1. The molecule has 5 aromatic rings. The summed E-state index contributed by atoms with van der Waals surface area (Å²) in [6.45, 7) is 5.15. The van der Waals surface area contributed by atoms with E-state index in [1.807, 2.05) is 30.3 Å². The molecule has 0 fully saturated rings. The maximum Gasteiger partial charge on any atom is 0.408 e. The van der Waals surface area contributed by atoms with E-state index < -0.39 is 40.3 Å². The molecule has 3 N–H and O–H groups in total. The third kappa shape index (κ3) is 10.1. The fourth-order valence-electron chi connectivity index (χ4n) is 5.08. The van der Waals surface area contributed by atoms with Gasteiger partial charge in [-0.05, 0) is 74.9 Å².